The van der Waals surface area contributed by atoms with E-state index in [1.165, 1.54) is 64.6 Å². The zero-order valence-electron chi connectivity index (χ0n) is 18.0. The highest BCUT2D eigenvalue weighted by atomic mass is 32.2. The maximum atomic E-state index is 12.9. The second kappa shape index (κ2) is 8.89. The van der Waals surface area contributed by atoms with E-state index in [2.05, 4.69) is 10.4 Å². The SMILES string of the molecule is Cc1cc(NC(=O)c2cccc(S(=O)(=O)N(C)C(C)C)c2)n(-c2ccc([N+](=O)[O-])cc2)n1. The number of benzene rings is 2. The molecule has 1 N–H and O–H groups in total. The van der Waals surface area contributed by atoms with E-state index in [1.54, 1.807) is 26.8 Å². The number of carbonyl (C=O) groups is 1. The number of aromatic nitrogens is 2. The molecule has 0 bridgehead atoms. The van der Waals surface area contributed by atoms with Crippen molar-refractivity contribution in [3.63, 3.8) is 0 Å². The predicted octanol–water partition coefficient (Wildman–Crippen LogP) is 3.37. The maximum Gasteiger partial charge on any atom is 0.269 e. The van der Waals surface area contributed by atoms with E-state index in [0.29, 0.717) is 17.2 Å². The molecule has 1 amide bonds. The Kier molecular flexibility index (Phi) is 6.42. The van der Waals surface area contributed by atoms with Crippen LogP contribution in [-0.2, 0) is 10.0 Å². The van der Waals surface area contributed by atoms with Crippen molar-refractivity contribution in [2.75, 3.05) is 12.4 Å². The molecule has 0 spiro atoms. The molecule has 1 aromatic heterocycles. The fourth-order valence-electron chi connectivity index (χ4n) is 2.93. The molecule has 1 heterocycles. The molecule has 3 rings (SSSR count). The number of hydrogen-bond donors (Lipinski definition) is 1. The molecule has 0 saturated carbocycles. The van der Waals surface area contributed by atoms with Crippen molar-refractivity contribution in [1.82, 2.24) is 14.1 Å². The summed E-state index contributed by atoms with van der Waals surface area (Å²) in [4.78, 5) is 23.3. The van der Waals surface area contributed by atoms with Crippen LogP contribution < -0.4 is 5.32 Å². The van der Waals surface area contributed by atoms with Crippen LogP contribution in [-0.4, -0.2) is 46.4 Å². The molecule has 3 aromatic rings. The van der Waals surface area contributed by atoms with E-state index in [1.807, 2.05) is 0 Å². The van der Waals surface area contributed by atoms with Crippen LogP contribution in [0.4, 0.5) is 11.5 Å². The van der Waals surface area contributed by atoms with E-state index >= 15 is 0 Å². The van der Waals surface area contributed by atoms with Gasteiger partial charge in [0.15, 0.2) is 0 Å². The number of anilines is 1. The number of rotatable bonds is 7. The van der Waals surface area contributed by atoms with Crippen molar-refractivity contribution < 1.29 is 18.1 Å². The zero-order valence-corrected chi connectivity index (χ0v) is 18.8. The van der Waals surface area contributed by atoms with Gasteiger partial charge in [0, 0.05) is 36.9 Å². The summed E-state index contributed by atoms with van der Waals surface area (Å²) in [5.74, 6) is -0.175. The van der Waals surface area contributed by atoms with Gasteiger partial charge in [-0.05, 0) is 51.1 Å². The molecule has 0 fully saturated rings. The summed E-state index contributed by atoms with van der Waals surface area (Å²) in [5, 5.41) is 17.9. The number of nitro groups is 1. The summed E-state index contributed by atoms with van der Waals surface area (Å²) in [6, 6.07) is 12.9. The molecule has 11 heteroatoms. The summed E-state index contributed by atoms with van der Waals surface area (Å²) in [5.41, 5.74) is 1.24. The van der Waals surface area contributed by atoms with Crippen LogP contribution in [0.5, 0.6) is 0 Å². The smallest absolute Gasteiger partial charge is 0.269 e. The first-order valence-corrected chi connectivity index (χ1v) is 11.2. The minimum Gasteiger partial charge on any atom is -0.306 e. The second-order valence-corrected chi connectivity index (χ2v) is 9.45. The Balaban J connectivity index is 1.90. The molecule has 10 nitrogen and oxygen atoms in total. The molecule has 32 heavy (non-hydrogen) atoms. The summed E-state index contributed by atoms with van der Waals surface area (Å²) >= 11 is 0. The van der Waals surface area contributed by atoms with Gasteiger partial charge in [-0.2, -0.15) is 9.40 Å². The van der Waals surface area contributed by atoms with Gasteiger partial charge in [-0.1, -0.05) is 6.07 Å². The number of sulfonamides is 1. The number of carbonyl (C=O) groups excluding carboxylic acids is 1. The maximum absolute atomic E-state index is 12.9. The first-order chi connectivity index (χ1) is 15.0. The van der Waals surface area contributed by atoms with Crippen molar-refractivity contribution in [2.24, 2.45) is 0 Å². The molecule has 0 radical (unpaired) electrons. The average molecular weight is 458 g/mol. The third-order valence-electron chi connectivity index (χ3n) is 4.88. The van der Waals surface area contributed by atoms with E-state index in [0.717, 1.165) is 0 Å². The van der Waals surface area contributed by atoms with Crippen molar-refractivity contribution in [3.8, 4) is 5.69 Å². The van der Waals surface area contributed by atoms with Crippen molar-refractivity contribution in [1.29, 1.82) is 0 Å². The van der Waals surface area contributed by atoms with Gasteiger partial charge in [-0.25, -0.2) is 13.1 Å². The molecule has 0 saturated heterocycles. The number of hydrogen-bond acceptors (Lipinski definition) is 6. The number of nitrogens with zero attached hydrogens (tertiary/aromatic N) is 4. The van der Waals surface area contributed by atoms with Crippen molar-refractivity contribution in [3.05, 3.63) is 76.0 Å². The average Bonchev–Trinajstić information content (AvgIpc) is 3.13. The van der Waals surface area contributed by atoms with Crippen molar-refractivity contribution in [2.45, 2.75) is 31.7 Å². The van der Waals surface area contributed by atoms with Crippen LogP contribution in [0.25, 0.3) is 5.69 Å². The van der Waals surface area contributed by atoms with Crippen LogP contribution in [0.15, 0.2) is 59.5 Å². The van der Waals surface area contributed by atoms with Crippen LogP contribution in [0, 0.1) is 17.0 Å². The number of aryl methyl sites for hydroxylation is 1. The van der Waals surface area contributed by atoms with Gasteiger partial charge in [0.2, 0.25) is 10.0 Å². The predicted molar refractivity (Wildman–Crippen MR) is 119 cm³/mol. The van der Waals surface area contributed by atoms with Crippen molar-refractivity contribution >= 4 is 27.4 Å². The van der Waals surface area contributed by atoms with E-state index in [-0.39, 0.29) is 22.2 Å². The Morgan fingerprint density at radius 1 is 1.16 bits per heavy atom. The molecular weight excluding hydrogens is 434 g/mol. The molecular formula is C21H23N5O5S. The Hall–Kier alpha value is -3.57. The first-order valence-electron chi connectivity index (χ1n) is 9.71. The lowest BCUT2D eigenvalue weighted by Crippen LogP contribution is -2.33. The van der Waals surface area contributed by atoms with Gasteiger partial charge < -0.3 is 5.32 Å². The highest BCUT2D eigenvalue weighted by molar-refractivity contribution is 7.89. The molecule has 0 aliphatic rings. The Labute approximate surface area is 185 Å². The number of non-ortho nitro benzene ring substituents is 1. The summed E-state index contributed by atoms with van der Waals surface area (Å²) in [6.45, 7) is 5.26. The summed E-state index contributed by atoms with van der Waals surface area (Å²) < 4.78 is 28.2. The molecule has 0 aliphatic carbocycles. The van der Waals surface area contributed by atoms with E-state index in [4.69, 9.17) is 0 Å². The topological polar surface area (TPSA) is 127 Å². The highest BCUT2D eigenvalue weighted by Gasteiger charge is 2.24. The van der Waals surface area contributed by atoms with Gasteiger partial charge in [-0.15, -0.1) is 0 Å². The monoisotopic (exact) mass is 457 g/mol. The number of nitro benzene ring substituents is 1. The highest BCUT2D eigenvalue weighted by Crippen LogP contribution is 2.22. The molecule has 2 aromatic carbocycles. The lowest BCUT2D eigenvalue weighted by atomic mass is 10.2. The van der Waals surface area contributed by atoms with E-state index in [9.17, 15) is 23.3 Å². The Bertz CT molecular complexity index is 1270. The van der Waals surface area contributed by atoms with Gasteiger partial charge in [-0.3, -0.25) is 14.9 Å². The fourth-order valence-corrected chi connectivity index (χ4v) is 4.35. The lowest BCUT2D eigenvalue weighted by Gasteiger charge is -2.21. The van der Waals surface area contributed by atoms with E-state index < -0.39 is 20.9 Å². The minimum atomic E-state index is -3.74. The minimum absolute atomic E-state index is 0.0152. The van der Waals surface area contributed by atoms with Gasteiger partial charge in [0.1, 0.15) is 5.82 Å². The quantitative estimate of drug-likeness (QED) is 0.428. The summed E-state index contributed by atoms with van der Waals surface area (Å²) in [6.07, 6.45) is 0. The molecule has 168 valence electrons. The van der Waals surface area contributed by atoms with Gasteiger partial charge >= 0.3 is 0 Å². The second-order valence-electron chi connectivity index (χ2n) is 7.45. The zero-order chi connectivity index (χ0) is 23.6. The Morgan fingerprint density at radius 3 is 2.41 bits per heavy atom. The number of nitrogens with one attached hydrogen (secondary N) is 1. The first kappa shape index (κ1) is 23.1. The van der Waals surface area contributed by atoms with Crippen LogP contribution >= 0.6 is 0 Å². The lowest BCUT2D eigenvalue weighted by molar-refractivity contribution is -0.384. The third-order valence-corrected chi connectivity index (χ3v) is 6.91. The molecule has 0 unspecified atom stereocenters. The molecule has 0 aliphatic heterocycles. The third kappa shape index (κ3) is 4.68. The van der Waals surface area contributed by atoms with Gasteiger partial charge in [0.05, 0.1) is 21.2 Å². The Morgan fingerprint density at radius 2 is 1.81 bits per heavy atom. The number of amides is 1. The summed E-state index contributed by atoms with van der Waals surface area (Å²) in [7, 11) is -2.26. The van der Waals surface area contributed by atoms with Crippen LogP contribution in [0.1, 0.15) is 29.9 Å². The largest absolute Gasteiger partial charge is 0.306 e. The fraction of sp³-hybridized carbons (Fsp3) is 0.238. The standard InChI is InChI=1S/C21H23N5O5S/c1-14(2)24(4)32(30,31)19-7-5-6-16(13-19)21(27)22-20-12-15(3)23-25(20)17-8-10-18(11-9-17)26(28)29/h5-14H,1-4H3,(H,22,27). The van der Waals surface area contributed by atoms with Crippen LogP contribution in [0.3, 0.4) is 0 Å². The van der Waals surface area contributed by atoms with Crippen LogP contribution in [0.2, 0.25) is 0 Å². The van der Waals surface area contributed by atoms with Gasteiger partial charge in [0.25, 0.3) is 11.6 Å². The molecule has 0 atom stereocenters. The normalized spacial score (nSPS) is 11.7.